The number of anilines is 1. The van der Waals surface area contributed by atoms with Gasteiger partial charge in [0.05, 0.1) is 12.1 Å². The Kier molecular flexibility index (Phi) is 4.01. The van der Waals surface area contributed by atoms with Crippen molar-refractivity contribution in [3.05, 3.63) is 29.8 Å². The van der Waals surface area contributed by atoms with Crippen molar-refractivity contribution in [1.82, 2.24) is 4.90 Å². The second-order valence-corrected chi connectivity index (χ2v) is 4.88. The Bertz CT molecular complexity index is 548. The quantitative estimate of drug-likeness (QED) is 0.862. The van der Waals surface area contributed by atoms with Gasteiger partial charge in [-0.25, -0.2) is 8.78 Å². The first-order chi connectivity index (χ1) is 9.43. The van der Waals surface area contributed by atoms with Crippen LogP contribution in [-0.4, -0.2) is 28.8 Å². The summed E-state index contributed by atoms with van der Waals surface area (Å²) >= 11 is 0. The Hall–Kier alpha value is -1.98. The van der Waals surface area contributed by atoms with Crippen LogP contribution in [0.15, 0.2) is 18.2 Å². The Morgan fingerprint density at radius 3 is 2.75 bits per heavy atom. The van der Waals surface area contributed by atoms with E-state index in [1.807, 2.05) is 6.92 Å². The summed E-state index contributed by atoms with van der Waals surface area (Å²) in [7, 11) is 0. The van der Waals surface area contributed by atoms with Crippen LogP contribution in [0.3, 0.4) is 0 Å². The minimum absolute atomic E-state index is 0.0425. The van der Waals surface area contributed by atoms with E-state index in [2.05, 4.69) is 5.32 Å². The Morgan fingerprint density at radius 2 is 2.10 bits per heavy atom. The van der Waals surface area contributed by atoms with Gasteiger partial charge in [0.2, 0.25) is 5.91 Å². The largest absolute Gasteiger partial charge is 0.371 e. The molecule has 1 aromatic carbocycles. The second-order valence-electron chi connectivity index (χ2n) is 4.88. The number of hydrogen-bond acceptors (Lipinski definition) is 3. The zero-order valence-corrected chi connectivity index (χ0v) is 11.3. The fraction of sp³-hybridized carbons (Fsp3) is 0.429. The highest BCUT2D eigenvalue weighted by molar-refractivity contribution is 6.07. The maximum absolute atomic E-state index is 13.5. The van der Waals surface area contributed by atoms with Gasteiger partial charge >= 0.3 is 0 Å². The molecule has 0 spiro atoms. The minimum Gasteiger partial charge on any atom is -0.371 e. The number of rotatable bonds is 4. The molecule has 108 valence electrons. The highest BCUT2D eigenvalue weighted by Gasteiger charge is 2.40. The van der Waals surface area contributed by atoms with E-state index in [4.69, 9.17) is 0 Å². The maximum atomic E-state index is 13.5. The van der Waals surface area contributed by atoms with E-state index in [1.54, 1.807) is 6.92 Å². The number of likely N-dealkylation sites (tertiary alicyclic amines) is 1. The number of carbonyl (C=O) groups is 2. The highest BCUT2D eigenvalue weighted by atomic mass is 19.1. The summed E-state index contributed by atoms with van der Waals surface area (Å²) < 4.78 is 26.6. The van der Waals surface area contributed by atoms with Crippen molar-refractivity contribution in [2.45, 2.75) is 38.8 Å². The first-order valence-electron chi connectivity index (χ1n) is 6.51. The summed E-state index contributed by atoms with van der Waals surface area (Å²) in [6.07, 6.45) is 0.609. The zero-order valence-electron chi connectivity index (χ0n) is 11.3. The van der Waals surface area contributed by atoms with Gasteiger partial charge in [0, 0.05) is 6.04 Å². The van der Waals surface area contributed by atoms with Crippen LogP contribution in [0.2, 0.25) is 0 Å². The smallest absolute Gasteiger partial charge is 0.252 e. The molecule has 1 N–H and O–H groups in total. The Labute approximate surface area is 115 Å². The van der Waals surface area contributed by atoms with Crippen molar-refractivity contribution >= 4 is 17.5 Å². The van der Waals surface area contributed by atoms with E-state index in [1.165, 1.54) is 4.90 Å². The number of carbonyl (C=O) groups excluding carboxylic acids is 2. The van der Waals surface area contributed by atoms with E-state index in [0.717, 1.165) is 18.2 Å². The summed E-state index contributed by atoms with van der Waals surface area (Å²) in [5, 5.41) is 2.61. The molecule has 2 rings (SSSR count). The molecule has 2 unspecified atom stereocenters. The van der Waals surface area contributed by atoms with Crippen LogP contribution in [0, 0.1) is 11.6 Å². The summed E-state index contributed by atoms with van der Waals surface area (Å²) in [6, 6.07) is 1.91. The fourth-order valence-corrected chi connectivity index (χ4v) is 2.21. The van der Waals surface area contributed by atoms with E-state index in [9.17, 15) is 18.4 Å². The fourth-order valence-electron chi connectivity index (χ4n) is 2.21. The van der Waals surface area contributed by atoms with Crippen molar-refractivity contribution in [2.24, 2.45) is 0 Å². The van der Waals surface area contributed by atoms with Gasteiger partial charge in [0.1, 0.15) is 17.7 Å². The lowest BCUT2D eigenvalue weighted by Crippen LogP contribution is -2.40. The first-order valence-corrected chi connectivity index (χ1v) is 6.51. The summed E-state index contributed by atoms with van der Waals surface area (Å²) in [5.41, 5.74) is -0.109. The molecule has 20 heavy (non-hydrogen) atoms. The van der Waals surface area contributed by atoms with Crippen molar-refractivity contribution in [2.75, 3.05) is 5.32 Å². The van der Waals surface area contributed by atoms with Crippen LogP contribution >= 0.6 is 0 Å². The van der Waals surface area contributed by atoms with Crippen molar-refractivity contribution in [1.29, 1.82) is 0 Å². The maximum Gasteiger partial charge on any atom is 0.252 e. The van der Waals surface area contributed by atoms with Gasteiger partial charge in [-0.2, -0.15) is 0 Å². The van der Waals surface area contributed by atoms with E-state index >= 15 is 0 Å². The molecule has 1 aromatic rings. The van der Waals surface area contributed by atoms with Crippen LogP contribution in [0.25, 0.3) is 0 Å². The molecule has 1 heterocycles. The average molecular weight is 282 g/mol. The molecular weight excluding hydrogens is 266 g/mol. The number of benzene rings is 1. The minimum atomic E-state index is -0.840. The number of nitrogens with zero attached hydrogens (tertiary/aromatic N) is 1. The predicted octanol–water partition coefficient (Wildman–Crippen LogP) is 2.30. The van der Waals surface area contributed by atoms with Gasteiger partial charge in [-0.05, 0) is 31.5 Å². The van der Waals surface area contributed by atoms with Crippen molar-refractivity contribution < 1.29 is 18.4 Å². The molecule has 0 saturated carbocycles. The molecule has 2 amide bonds. The van der Waals surface area contributed by atoms with Gasteiger partial charge in [-0.3, -0.25) is 14.5 Å². The molecule has 0 aromatic heterocycles. The zero-order chi connectivity index (χ0) is 14.9. The van der Waals surface area contributed by atoms with E-state index in [0.29, 0.717) is 6.42 Å². The molecule has 2 atom stereocenters. The SMILES string of the molecule is CCC(C)N1C(=O)CC(Nc2cc(F)ccc2F)C1=O. The number of amides is 2. The molecule has 6 heteroatoms. The number of hydrogen-bond donors (Lipinski definition) is 1. The first kappa shape index (κ1) is 14.4. The lowest BCUT2D eigenvalue weighted by molar-refractivity contribution is -0.140. The van der Waals surface area contributed by atoms with Gasteiger partial charge in [0.15, 0.2) is 0 Å². The predicted molar refractivity (Wildman–Crippen MR) is 70.0 cm³/mol. The van der Waals surface area contributed by atoms with Crippen molar-refractivity contribution in [3.8, 4) is 0 Å². The van der Waals surface area contributed by atoms with Crippen LogP contribution in [0.1, 0.15) is 26.7 Å². The van der Waals surface area contributed by atoms with Gasteiger partial charge in [-0.1, -0.05) is 6.92 Å². The summed E-state index contributed by atoms with van der Waals surface area (Å²) in [6.45, 7) is 3.65. The van der Waals surface area contributed by atoms with Crippen LogP contribution < -0.4 is 5.32 Å². The number of nitrogens with one attached hydrogen (secondary N) is 1. The molecule has 0 aliphatic carbocycles. The monoisotopic (exact) mass is 282 g/mol. The van der Waals surface area contributed by atoms with Crippen LogP contribution in [0.5, 0.6) is 0 Å². The highest BCUT2D eigenvalue weighted by Crippen LogP contribution is 2.23. The standard InChI is InChI=1S/C14H16F2N2O2/c1-3-8(2)18-13(19)7-12(14(18)20)17-11-6-9(15)4-5-10(11)16/h4-6,8,12,17H,3,7H2,1-2H3. The van der Waals surface area contributed by atoms with E-state index < -0.39 is 23.6 Å². The average Bonchev–Trinajstić information content (AvgIpc) is 2.68. The van der Waals surface area contributed by atoms with Crippen molar-refractivity contribution in [3.63, 3.8) is 0 Å². The third kappa shape index (κ3) is 2.64. The van der Waals surface area contributed by atoms with Crippen LogP contribution in [0.4, 0.5) is 14.5 Å². The third-order valence-corrected chi connectivity index (χ3v) is 3.47. The molecule has 1 saturated heterocycles. The third-order valence-electron chi connectivity index (χ3n) is 3.47. The molecule has 1 aliphatic heterocycles. The topological polar surface area (TPSA) is 49.4 Å². The summed E-state index contributed by atoms with van der Waals surface area (Å²) in [5.74, 6) is -1.95. The van der Waals surface area contributed by atoms with Crippen LogP contribution in [-0.2, 0) is 9.59 Å². The molecule has 4 nitrogen and oxygen atoms in total. The number of imide groups is 1. The molecular formula is C14H16F2N2O2. The molecule has 0 bridgehead atoms. The lowest BCUT2D eigenvalue weighted by atomic mass is 10.2. The van der Waals surface area contributed by atoms with Gasteiger partial charge in [0.25, 0.3) is 5.91 Å². The normalized spacial score (nSPS) is 20.4. The van der Waals surface area contributed by atoms with Gasteiger partial charge in [-0.15, -0.1) is 0 Å². The lowest BCUT2D eigenvalue weighted by Gasteiger charge is -2.22. The Morgan fingerprint density at radius 1 is 1.40 bits per heavy atom. The van der Waals surface area contributed by atoms with E-state index in [-0.39, 0.29) is 24.1 Å². The molecule has 1 aliphatic rings. The van der Waals surface area contributed by atoms with Gasteiger partial charge < -0.3 is 5.32 Å². The Balaban J connectivity index is 2.17. The number of halogens is 2. The molecule has 1 fully saturated rings. The second kappa shape index (κ2) is 5.56. The molecule has 0 radical (unpaired) electrons. The summed E-state index contributed by atoms with van der Waals surface area (Å²) in [4.78, 5) is 25.2.